The molecule has 24 heavy (non-hydrogen) atoms. The molecule has 2 N–H and O–H groups in total. The predicted molar refractivity (Wildman–Crippen MR) is 86.9 cm³/mol. The normalized spacial score (nSPS) is 16.8. The van der Waals surface area contributed by atoms with Gasteiger partial charge < -0.3 is 19.9 Å². The molecular formula is C17H19N3O4. The van der Waals surface area contributed by atoms with E-state index in [9.17, 15) is 9.59 Å². The van der Waals surface area contributed by atoms with Crippen LogP contribution in [0.2, 0.25) is 0 Å². The van der Waals surface area contributed by atoms with Crippen LogP contribution in [0.15, 0.2) is 34.9 Å². The van der Waals surface area contributed by atoms with Crippen LogP contribution in [0.4, 0.5) is 5.82 Å². The highest BCUT2D eigenvalue weighted by Gasteiger charge is 2.17. The number of nitrogens with zero attached hydrogens (tertiary/aromatic N) is 1. The number of anilines is 1. The molecule has 1 fully saturated rings. The number of hydrogen-bond donors (Lipinski definition) is 2. The highest BCUT2D eigenvalue weighted by Crippen LogP contribution is 2.12. The summed E-state index contributed by atoms with van der Waals surface area (Å²) in [5.41, 5.74) is 0.938. The van der Waals surface area contributed by atoms with Crippen LogP contribution in [0.3, 0.4) is 0 Å². The smallest absolute Gasteiger partial charge is 0.256 e. The van der Waals surface area contributed by atoms with Gasteiger partial charge in [-0.3, -0.25) is 9.59 Å². The van der Waals surface area contributed by atoms with Gasteiger partial charge in [0, 0.05) is 30.3 Å². The van der Waals surface area contributed by atoms with Crippen LogP contribution in [0.1, 0.15) is 39.3 Å². The van der Waals surface area contributed by atoms with E-state index < -0.39 is 0 Å². The molecule has 1 aliphatic heterocycles. The maximum Gasteiger partial charge on any atom is 0.256 e. The molecule has 1 atom stereocenters. The zero-order valence-electron chi connectivity index (χ0n) is 13.4. The molecule has 1 saturated heterocycles. The fourth-order valence-corrected chi connectivity index (χ4v) is 2.50. The Labute approximate surface area is 139 Å². The van der Waals surface area contributed by atoms with Gasteiger partial charge in [-0.25, -0.2) is 0 Å². The van der Waals surface area contributed by atoms with Crippen molar-refractivity contribution < 1.29 is 18.8 Å². The lowest BCUT2D eigenvalue weighted by Crippen LogP contribution is -2.31. The summed E-state index contributed by atoms with van der Waals surface area (Å²) in [6.45, 7) is 3.01. The van der Waals surface area contributed by atoms with Crippen molar-refractivity contribution in [3.8, 4) is 0 Å². The quantitative estimate of drug-likeness (QED) is 0.876. The highest BCUT2D eigenvalue weighted by atomic mass is 16.5. The summed E-state index contributed by atoms with van der Waals surface area (Å²) >= 11 is 0. The van der Waals surface area contributed by atoms with Crippen molar-refractivity contribution in [2.24, 2.45) is 0 Å². The fraction of sp³-hybridized carbons (Fsp3) is 0.353. The maximum absolute atomic E-state index is 12.1. The summed E-state index contributed by atoms with van der Waals surface area (Å²) in [5.74, 6) is 0.485. The maximum atomic E-state index is 12.1. The van der Waals surface area contributed by atoms with Crippen LogP contribution in [0, 0.1) is 6.92 Å². The van der Waals surface area contributed by atoms with Crippen molar-refractivity contribution >= 4 is 17.6 Å². The molecule has 2 amide bonds. The molecule has 0 aliphatic carbocycles. The van der Waals surface area contributed by atoms with Crippen molar-refractivity contribution in [2.75, 3.05) is 18.5 Å². The van der Waals surface area contributed by atoms with Crippen LogP contribution in [-0.2, 0) is 4.74 Å². The van der Waals surface area contributed by atoms with Crippen LogP contribution in [0.5, 0.6) is 0 Å². The molecule has 2 aromatic rings. The van der Waals surface area contributed by atoms with Gasteiger partial charge in [0.25, 0.3) is 11.8 Å². The molecule has 7 nitrogen and oxygen atoms in total. The zero-order valence-corrected chi connectivity index (χ0v) is 13.4. The lowest BCUT2D eigenvalue weighted by molar-refractivity contribution is 0.0857. The number of amides is 2. The molecule has 0 saturated carbocycles. The molecular weight excluding hydrogens is 310 g/mol. The molecule has 0 bridgehead atoms. The van der Waals surface area contributed by atoms with Crippen molar-refractivity contribution in [2.45, 2.75) is 25.9 Å². The Morgan fingerprint density at radius 3 is 2.50 bits per heavy atom. The van der Waals surface area contributed by atoms with Crippen molar-refractivity contribution in [1.82, 2.24) is 10.5 Å². The van der Waals surface area contributed by atoms with E-state index in [0.29, 0.717) is 29.2 Å². The first-order chi connectivity index (χ1) is 11.6. The Morgan fingerprint density at radius 2 is 1.92 bits per heavy atom. The molecule has 0 radical (unpaired) electrons. The molecule has 1 unspecified atom stereocenters. The Kier molecular flexibility index (Phi) is 4.90. The number of ether oxygens (including phenoxy) is 1. The van der Waals surface area contributed by atoms with Crippen molar-refractivity contribution in [3.05, 3.63) is 47.2 Å². The predicted octanol–water partition coefficient (Wildman–Crippen LogP) is 2.14. The van der Waals surface area contributed by atoms with Gasteiger partial charge in [-0.05, 0) is 44.0 Å². The second-order valence-electron chi connectivity index (χ2n) is 5.70. The molecule has 1 aliphatic rings. The van der Waals surface area contributed by atoms with E-state index in [4.69, 9.17) is 9.26 Å². The first-order valence-corrected chi connectivity index (χ1v) is 7.86. The van der Waals surface area contributed by atoms with Gasteiger partial charge >= 0.3 is 0 Å². The Bertz CT molecular complexity index is 718. The monoisotopic (exact) mass is 329 g/mol. The van der Waals surface area contributed by atoms with E-state index in [1.54, 1.807) is 37.3 Å². The number of benzene rings is 1. The van der Waals surface area contributed by atoms with Crippen LogP contribution in [-0.4, -0.2) is 36.2 Å². The van der Waals surface area contributed by atoms with E-state index in [1.165, 1.54) is 0 Å². The molecule has 3 rings (SSSR count). The van der Waals surface area contributed by atoms with Gasteiger partial charge in [0.05, 0.1) is 6.10 Å². The van der Waals surface area contributed by atoms with E-state index in [2.05, 4.69) is 15.8 Å². The third-order valence-electron chi connectivity index (χ3n) is 3.79. The number of rotatable bonds is 5. The fourth-order valence-electron chi connectivity index (χ4n) is 2.50. The number of aryl methyl sites for hydroxylation is 1. The van der Waals surface area contributed by atoms with Crippen LogP contribution >= 0.6 is 0 Å². The Hall–Kier alpha value is -2.67. The van der Waals surface area contributed by atoms with Crippen LogP contribution < -0.4 is 10.6 Å². The first-order valence-electron chi connectivity index (χ1n) is 7.86. The van der Waals surface area contributed by atoms with E-state index in [0.717, 1.165) is 19.4 Å². The van der Waals surface area contributed by atoms with Crippen LogP contribution in [0.25, 0.3) is 0 Å². The minimum atomic E-state index is -0.311. The largest absolute Gasteiger partial charge is 0.376 e. The van der Waals surface area contributed by atoms with Gasteiger partial charge in [0.1, 0.15) is 5.76 Å². The zero-order chi connectivity index (χ0) is 16.9. The van der Waals surface area contributed by atoms with Gasteiger partial charge in [0.2, 0.25) is 0 Å². The Balaban J connectivity index is 1.55. The number of carbonyl (C=O) groups is 2. The molecule has 2 heterocycles. The topological polar surface area (TPSA) is 93.5 Å². The first kappa shape index (κ1) is 16.2. The summed E-state index contributed by atoms with van der Waals surface area (Å²) in [4.78, 5) is 24.2. The van der Waals surface area contributed by atoms with Crippen molar-refractivity contribution in [3.63, 3.8) is 0 Å². The Morgan fingerprint density at radius 1 is 1.21 bits per heavy atom. The van der Waals surface area contributed by atoms with Crippen molar-refractivity contribution in [1.29, 1.82) is 0 Å². The lowest BCUT2D eigenvalue weighted by Gasteiger charge is -2.11. The van der Waals surface area contributed by atoms with E-state index in [-0.39, 0.29) is 17.9 Å². The molecule has 126 valence electrons. The van der Waals surface area contributed by atoms with Gasteiger partial charge in [-0.2, -0.15) is 0 Å². The average Bonchev–Trinajstić information content (AvgIpc) is 3.24. The van der Waals surface area contributed by atoms with Gasteiger partial charge in [0.15, 0.2) is 5.82 Å². The highest BCUT2D eigenvalue weighted by molar-refractivity contribution is 6.04. The lowest BCUT2D eigenvalue weighted by atomic mass is 10.1. The van der Waals surface area contributed by atoms with Gasteiger partial charge in [-0.1, -0.05) is 5.16 Å². The third-order valence-corrected chi connectivity index (χ3v) is 3.79. The second kappa shape index (κ2) is 7.27. The number of hydrogen-bond acceptors (Lipinski definition) is 5. The minimum Gasteiger partial charge on any atom is -0.376 e. The average molecular weight is 329 g/mol. The van der Waals surface area contributed by atoms with E-state index >= 15 is 0 Å². The standard InChI is InChI=1S/C17H19N3O4/c1-11-9-15(20-24-11)19-17(22)13-6-4-12(5-7-13)16(21)18-10-14-3-2-8-23-14/h4-7,9,14H,2-3,8,10H2,1H3,(H,18,21)(H,19,20,22). The number of nitrogens with one attached hydrogen (secondary N) is 2. The molecule has 7 heteroatoms. The number of carbonyl (C=O) groups excluding carboxylic acids is 2. The SMILES string of the molecule is Cc1cc(NC(=O)c2ccc(C(=O)NCC3CCCO3)cc2)no1. The van der Waals surface area contributed by atoms with E-state index in [1.807, 2.05) is 0 Å². The molecule has 1 aromatic carbocycles. The summed E-state index contributed by atoms with van der Waals surface area (Å²) in [5, 5.41) is 9.18. The summed E-state index contributed by atoms with van der Waals surface area (Å²) in [6.07, 6.45) is 2.11. The summed E-state index contributed by atoms with van der Waals surface area (Å²) in [6, 6.07) is 8.07. The minimum absolute atomic E-state index is 0.102. The second-order valence-corrected chi connectivity index (χ2v) is 5.70. The van der Waals surface area contributed by atoms with Gasteiger partial charge in [-0.15, -0.1) is 0 Å². The summed E-state index contributed by atoms with van der Waals surface area (Å²) < 4.78 is 10.4. The molecule has 1 aromatic heterocycles. The number of aromatic nitrogens is 1. The molecule has 0 spiro atoms. The third kappa shape index (κ3) is 3.99. The summed E-state index contributed by atoms with van der Waals surface area (Å²) in [7, 11) is 0.